The van der Waals surface area contributed by atoms with Gasteiger partial charge in [0.1, 0.15) is 0 Å². The second-order valence-electron chi connectivity index (χ2n) is 15.9. The molecule has 2 fully saturated rings. The first-order chi connectivity index (χ1) is 27.4. The van der Waals surface area contributed by atoms with Crippen LogP contribution in [0.3, 0.4) is 0 Å². The average molecular weight is 733 g/mol. The Kier molecular flexibility index (Phi) is 7.03. The molecule has 0 radical (unpaired) electrons. The molecule has 0 saturated carbocycles. The van der Waals surface area contributed by atoms with Crippen molar-refractivity contribution in [2.75, 3.05) is 9.80 Å². The molecule has 0 N–H and O–H groups in total. The van der Waals surface area contributed by atoms with E-state index in [9.17, 15) is 19.2 Å². The molecule has 6 aromatic rings. The highest BCUT2D eigenvalue weighted by atomic mass is 16.2. The number of hydrogen-bond acceptors (Lipinski definition) is 6. The van der Waals surface area contributed by atoms with Crippen LogP contribution in [-0.4, -0.2) is 33.6 Å². The number of carbonyl (C=O) groups is 4. The fourth-order valence-corrected chi connectivity index (χ4v) is 11.3. The van der Waals surface area contributed by atoms with Crippen LogP contribution in [0.2, 0.25) is 0 Å². The Morgan fingerprint density at radius 3 is 0.821 bits per heavy atom. The second-order valence-corrected chi connectivity index (χ2v) is 15.9. The van der Waals surface area contributed by atoms with Gasteiger partial charge < -0.3 is 0 Å². The third-order valence-corrected chi connectivity index (χ3v) is 13.4. The Morgan fingerprint density at radius 1 is 0.375 bits per heavy atom. The molecule has 4 heterocycles. The van der Waals surface area contributed by atoms with Crippen LogP contribution < -0.4 is 9.80 Å². The van der Waals surface area contributed by atoms with Crippen LogP contribution in [0.4, 0.5) is 11.4 Å². The summed E-state index contributed by atoms with van der Waals surface area (Å²) < 4.78 is 0. The molecule has 8 aliphatic rings. The lowest BCUT2D eigenvalue weighted by atomic mass is 9.55. The van der Waals surface area contributed by atoms with Gasteiger partial charge >= 0.3 is 0 Å². The molecule has 6 aliphatic carbocycles. The molecule has 2 aliphatic heterocycles. The molecular weight excluding hydrogens is 697 g/mol. The van der Waals surface area contributed by atoms with E-state index in [1.54, 1.807) is 36.9 Å². The Morgan fingerprint density at radius 2 is 0.607 bits per heavy atom. The molecular formula is C48H36N4O4. The summed E-state index contributed by atoms with van der Waals surface area (Å²) in [7, 11) is 0. The van der Waals surface area contributed by atoms with Crippen molar-refractivity contribution < 1.29 is 19.2 Å². The van der Waals surface area contributed by atoms with Crippen LogP contribution in [0.15, 0.2) is 134 Å². The van der Waals surface area contributed by atoms with E-state index in [0.717, 1.165) is 11.1 Å². The summed E-state index contributed by atoms with van der Waals surface area (Å²) in [6, 6.07) is 36.8. The first-order valence-corrected chi connectivity index (χ1v) is 19.3. The minimum Gasteiger partial charge on any atom is -0.274 e. The third kappa shape index (κ3) is 4.24. The highest BCUT2D eigenvalue weighted by Crippen LogP contribution is 2.63. The van der Waals surface area contributed by atoms with Crippen LogP contribution >= 0.6 is 0 Å². The van der Waals surface area contributed by atoms with Gasteiger partial charge in [-0.3, -0.25) is 29.1 Å². The fourth-order valence-electron chi connectivity index (χ4n) is 11.3. The van der Waals surface area contributed by atoms with Gasteiger partial charge in [0, 0.05) is 48.5 Å². The van der Waals surface area contributed by atoms with Crippen molar-refractivity contribution in [2.24, 2.45) is 23.7 Å². The van der Waals surface area contributed by atoms with Gasteiger partial charge in [0.05, 0.1) is 35.0 Å². The van der Waals surface area contributed by atoms with E-state index in [4.69, 9.17) is 0 Å². The number of aryl methyl sites for hydroxylation is 2. The van der Waals surface area contributed by atoms with Crippen molar-refractivity contribution >= 4 is 35.0 Å². The summed E-state index contributed by atoms with van der Waals surface area (Å²) in [6.45, 7) is 3.78. The molecule has 8 heteroatoms. The van der Waals surface area contributed by atoms with E-state index in [0.29, 0.717) is 11.4 Å². The van der Waals surface area contributed by atoms with Crippen molar-refractivity contribution in [3.05, 3.63) is 190 Å². The standard InChI is InChI=1S/2C24H18N2O2/c2*1-13-12-25-11-10-18(13)26-23(27)21-19-14-6-2-3-7-15(14)20(22(21)24(26)28)17-9-5-4-8-16(17)19/h2*2-12,19-22H,1H3/t2*19?,20?,21-,22+. The van der Waals surface area contributed by atoms with E-state index >= 15 is 0 Å². The highest BCUT2D eigenvalue weighted by molar-refractivity contribution is 6.24. The number of amides is 4. The Bertz CT molecular complexity index is 2290. The number of anilines is 2. The van der Waals surface area contributed by atoms with Crippen LogP contribution in [0.1, 0.15) is 79.3 Å². The summed E-state index contributed by atoms with van der Waals surface area (Å²) in [5.41, 5.74) is 12.6. The topological polar surface area (TPSA) is 101 Å². The number of imide groups is 2. The minimum atomic E-state index is -0.338. The number of carbonyl (C=O) groups excluding carboxylic acids is 4. The SMILES string of the molecule is Cc1cnccc1N1C(=O)[C@@H]2C3c4ccccc4C(c4ccccc43)[C@@H]2C1=O.Cc1cnccc1N1C(=O)[C@@H]2C3c4ccccc4C(c4ccccc43)[C@@H]2C1=O. The lowest BCUT2D eigenvalue weighted by molar-refractivity contribution is -0.124. The number of hydrogen-bond donors (Lipinski definition) is 0. The molecule has 0 spiro atoms. The smallest absolute Gasteiger partial charge is 0.238 e. The first-order valence-electron chi connectivity index (χ1n) is 19.3. The van der Waals surface area contributed by atoms with E-state index in [1.807, 2.05) is 62.4 Å². The van der Waals surface area contributed by atoms with Crippen LogP contribution in [0.25, 0.3) is 0 Å². The molecule has 0 unspecified atom stereocenters. The van der Waals surface area contributed by atoms with Crippen molar-refractivity contribution in [2.45, 2.75) is 37.5 Å². The van der Waals surface area contributed by atoms with Gasteiger partial charge in [-0.05, 0) is 81.6 Å². The Hall–Kier alpha value is -6.54. The zero-order valence-electron chi connectivity index (χ0n) is 30.7. The molecule has 2 aromatic heterocycles. The van der Waals surface area contributed by atoms with Crippen molar-refractivity contribution in [1.82, 2.24) is 9.97 Å². The van der Waals surface area contributed by atoms with Crippen LogP contribution in [-0.2, 0) is 19.2 Å². The fraction of sp³-hybridized carbons (Fsp3) is 0.208. The predicted molar refractivity (Wildman–Crippen MR) is 210 cm³/mol. The molecule has 272 valence electrons. The molecule has 2 saturated heterocycles. The summed E-state index contributed by atoms with van der Waals surface area (Å²) in [4.78, 5) is 65.5. The van der Waals surface area contributed by atoms with Gasteiger partial charge in [0.15, 0.2) is 0 Å². The normalized spacial score (nSPS) is 26.8. The molecule has 4 bridgehead atoms. The van der Waals surface area contributed by atoms with E-state index < -0.39 is 0 Å². The van der Waals surface area contributed by atoms with Gasteiger partial charge in [-0.2, -0.15) is 0 Å². The highest BCUT2D eigenvalue weighted by Gasteiger charge is 2.63. The lowest BCUT2D eigenvalue weighted by Crippen LogP contribution is -2.41. The summed E-state index contributed by atoms with van der Waals surface area (Å²) >= 11 is 0. The maximum Gasteiger partial charge on any atom is 0.238 e. The maximum atomic E-state index is 13.6. The van der Waals surface area contributed by atoms with Gasteiger partial charge in [0.2, 0.25) is 23.6 Å². The molecule has 4 amide bonds. The monoisotopic (exact) mass is 732 g/mol. The van der Waals surface area contributed by atoms with Crippen molar-refractivity contribution in [3.63, 3.8) is 0 Å². The van der Waals surface area contributed by atoms with Crippen LogP contribution in [0.5, 0.6) is 0 Å². The quantitative estimate of drug-likeness (QED) is 0.170. The van der Waals surface area contributed by atoms with Gasteiger partial charge in [-0.25, -0.2) is 9.80 Å². The molecule has 8 nitrogen and oxygen atoms in total. The van der Waals surface area contributed by atoms with E-state index in [1.165, 1.54) is 54.3 Å². The number of aromatic nitrogens is 2. The summed E-state index contributed by atoms with van der Waals surface area (Å²) in [5.74, 6) is -1.93. The predicted octanol–water partition coefficient (Wildman–Crippen LogP) is 7.57. The lowest BCUT2D eigenvalue weighted by Gasteiger charge is -2.45. The van der Waals surface area contributed by atoms with E-state index in [-0.39, 0.29) is 71.0 Å². The van der Waals surface area contributed by atoms with Crippen molar-refractivity contribution in [1.29, 1.82) is 0 Å². The van der Waals surface area contributed by atoms with Gasteiger partial charge in [-0.1, -0.05) is 97.1 Å². The van der Waals surface area contributed by atoms with Gasteiger partial charge in [-0.15, -0.1) is 0 Å². The number of benzene rings is 4. The van der Waals surface area contributed by atoms with Crippen LogP contribution in [0, 0.1) is 37.5 Å². The molecule has 56 heavy (non-hydrogen) atoms. The third-order valence-electron chi connectivity index (χ3n) is 13.4. The number of pyridine rings is 2. The molecule has 4 aromatic carbocycles. The first kappa shape index (κ1) is 32.9. The summed E-state index contributed by atoms with van der Waals surface area (Å²) in [5, 5.41) is 0. The number of rotatable bonds is 2. The largest absolute Gasteiger partial charge is 0.274 e. The summed E-state index contributed by atoms with van der Waals surface area (Å²) in [6.07, 6.45) is 6.69. The maximum absolute atomic E-state index is 13.6. The minimum absolute atomic E-state index is 0.0639. The van der Waals surface area contributed by atoms with Crippen molar-refractivity contribution in [3.8, 4) is 0 Å². The average Bonchev–Trinajstić information content (AvgIpc) is 3.66. The number of nitrogens with zero attached hydrogens (tertiary/aromatic N) is 4. The Labute approximate surface area is 323 Å². The second kappa shape index (κ2) is 12.0. The zero-order chi connectivity index (χ0) is 38.0. The zero-order valence-corrected chi connectivity index (χ0v) is 30.7. The van der Waals surface area contributed by atoms with Gasteiger partial charge in [0.25, 0.3) is 0 Å². The Balaban J connectivity index is 0.000000130. The molecule has 4 atom stereocenters. The van der Waals surface area contributed by atoms with E-state index in [2.05, 4.69) is 58.5 Å². The molecule has 14 rings (SSSR count).